The molecule has 0 amide bonds. The standard InChI is InChI=1S/C10H13N3O3/c14-9-6-8(13-3-1-2-4-13)11-7(12-9)5-10(15)16/h6H,1-5H2,(H,15,16)(H,11,12,14). The number of carboxylic acid groups (broad SMARTS) is 1. The van der Waals surface area contributed by atoms with Gasteiger partial charge in [-0.3, -0.25) is 9.59 Å². The second-order valence-electron chi connectivity index (χ2n) is 3.81. The average Bonchev–Trinajstić information content (AvgIpc) is 2.67. The quantitative estimate of drug-likeness (QED) is 0.753. The van der Waals surface area contributed by atoms with Crippen LogP contribution in [0.2, 0.25) is 0 Å². The van der Waals surface area contributed by atoms with Gasteiger partial charge in [-0.1, -0.05) is 0 Å². The molecule has 0 bridgehead atoms. The van der Waals surface area contributed by atoms with Crippen LogP contribution in [0.15, 0.2) is 10.9 Å². The van der Waals surface area contributed by atoms with Gasteiger partial charge in [0.05, 0.1) is 0 Å². The minimum atomic E-state index is -0.998. The molecule has 0 unspecified atom stereocenters. The first-order valence-electron chi connectivity index (χ1n) is 5.22. The molecule has 0 aliphatic carbocycles. The van der Waals surface area contributed by atoms with Crippen LogP contribution < -0.4 is 10.5 Å². The summed E-state index contributed by atoms with van der Waals surface area (Å²) in [5.41, 5.74) is -0.298. The van der Waals surface area contributed by atoms with E-state index in [-0.39, 0.29) is 17.8 Å². The molecule has 0 spiro atoms. The van der Waals surface area contributed by atoms with Crippen LogP contribution in [0.3, 0.4) is 0 Å². The third-order valence-corrected chi connectivity index (χ3v) is 2.53. The van der Waals surface area contributed by atoms with Crippen molar-refractivity contribution in [3.8, 4) is 0 Å². The molecule has 1 aromatic rings. The summed E-state index contributed by atoms with van der Waals surface area (Å²) in [4.78, 5) is 30.4. The fourth-order valence-electron chi connectivity index (χ4n) is 1.83. The van der Waals surface area contributed by atoms with E-state index in [9.17, 15) is 9.59 Å². The number of rotatable bonds is 3. The molecule has 6 heteroatoms. The maximum absolute atomic E-state index is 11.3. The second kappa shape index (κ2) is 4.34. The smallest absolute Gasteiger partial charge is 0.311 e. The van der Waals surface area contributed by atoms with Gasteiger partial charge in [0.2, 0.25) is 0 Å². The Morgan fingerprint density at radius 2 is 2.19 bits per heavy atom. The monoisotopic (exact) mass is 223 g/mol. The van der Waals surface area contributed by atoms with Gasteiger partial charge >= 0.3 is 5.97 Å². The van der Waals surface area contributed by atoms with Gasteiger partial charge < -0.3 is 15.0 Å². The predicted octanol–water partition coefficient (Wildman–Crippen LogP) is -0.00280. The highest BCUT2D eigenvalue weighted by atomic mass is 16.4. The van der Waals surface area contributed by atoms with E-state index in [0.717, 1.165) is 25.9 Å². The lowest BCUT2D eigenvalue weighted by atomic mass is 10.4. The van der Waals surface area contributed by atoms with E-state index in [1.807, 2.05) is 4.90 Å². The highest BCUT2D eigenvalue weighted by Crippen LogP contribution is 2.15. The molecule has 1 fully saturated rings. The average molecular weight is 223 g/mol. The number of hydrogen-bond donors (Lipinski definition) is 2. The van der Waals surface area contributed by atoms with Crippen LogP contribution in [0.1, 0.15) is 18.7 Å². The normalized spacial score (nSPS) is 15.4. The van der Waals surface area contributed by atoms with E-state index in [4.69, 9.17) is 5.11 Å². The van der Waals surface area contributed by atoms with Gasteiger partial charge in [0.1, 0.15) is 18.1 Å². The van der Waals surface area contributed by atoms with Crippen molar-refractivity contribution in [2.75, 3.05) is 18.0 Å². The number of aromatic amines is 1. The number of aliphatic carboxylic acids is 1. The van der Waals surface area contributed by atoms with E-state index >= 15 is 0 Å². The summed E-state index contributed by atoms with van der Waals surface area (Å²) < 4.78 is 0. The molecule has 16 heavy (non-hydrogen) atoms. The molecule has 2 N–H and O–H groups in total. The number of nitrogens with one attached hydrogen (secondary N) is 1. The molecule has 1 aliphatic rings. The molecule has 0 atom stereocenters. The van der Waals surface area contributed by atoms with Crippen molar-refractivity contribution in [1.29, 1.82) is 0 Å². The Hall–Kier alpha value is -1.85. The lowest BCUT2D eigenvalue weighted by Gasteiger charge is -2.16. The Morgan fingerprint density at radius 1 is 1.50 bits per heavy atom. The zero-order valence-electron chi connectivity index (χ0n) is 8.77. The van der Waals surface area contributed by atoms with Gasteiger partial charge in [-0.25, -0.2) is 4.98 Å². The third-order valence-electron chi connectivity index (χ3n) is 2.53. The van der Waals surface area contributed by atoms with E-state index in [1.165, 1.54) is 6.07 Å². The lowest BCUT2D eigenvalue weighted by Crippen LogP contribution is -2.23. The van der Waals surface area contributed by atoms with Gasteiger partial charge in [-0.15, -0.1) is 0 Å². The first-order valence-corrected chi connectivity index (χ1v) is 5.22. The van der Waals surface area contributed by atoms with Crippen LogP contribution >= 0.6 is 0 Å². The Balaban J connectivity index is 2.27. The van der Waals surface area contributed by atoms with E-state index < -0.39 is 5.97 Å². The van der Waals surface area contributed by atoms with Crippen molar-refractivity contribution in [2.24, 2.45) is 0 Å². The Morgan fingerprint density at radius 3 is 2.81 bits per heavy atom. The summed E-state index contributed by atoms with van der Waals surface area (Å²) in [5.74, 6) is -0.207. The summed E-state index contributed by atoms with van der Waals surface area (Å²) in [6.45, 7) is 1.76. The zero-order valence-corrected chi connectivity index (χ0v) is 8.77. The number of anilines is 1. The molecule has 6 nitrogen and oxygen atoms in total. The van der Waals surface area contributed by atoms with Crippen molar-refractivity contribution in [1.82, 2.24) is 9.97 Å². The summed E-state index contributed by atoms with van der Waals surface area (Å²) in [5, 5.41) is 8.64. The first kappa shape index (κ1) is 10.7. The minimum Gasteiger partial charge on any atom is -0.481 e. The van der Waals surface area contributed by atoms with Crippen molar-refractivity contribution >= 4 is 11.8 Å². The van der Waals surface area contributed by atoms with Crippen molar-refractivity contribution in [2.45, 2.75) is 19.3 Å². The van der Waals surface area contributed by atoms with Crippen LogP contribution in [0.25, 0.3) is 0 Å². The van der Waals surface area contributed by atoms with E-state index in [0.29, 0.717) is 5.82 Å². The molecule has 0 saturated carbocycles. The molecule has 2 heterocycles. The fourth-order valence-corrected chi connectivity index (χ4v) is 1.83. The fraction of sp³-hybridized carbons (Fsp3) is 0.500. The molecule has 1 saturated heterocycles. The van der Waals surface area contributed by atoms with Gasteiger partial charge in [0.15, 0.2) is 0 Å². The molecule has 0 aromatic carbocycles. The molecule has 0 radical (unpaired) electrons. The van der Waals surface area contributed by atoms with Crippen molar-refractivity contribution < 1.29 is 9.90 Å². The number of nitrogens with zero attached hydrogens (tertiary/aromatic N) is 2. The molecular weight excluding hydrogens is 210 g/mol. The lowest BCUT2D eigenvalue weighted by molar-refractivity contribution is -0.136. The number of H-pyrrole nitrogens is 1. The summed E-state index contributed by atoms with van der Waals surface area (Å²) >= 11 is 0. The number of carboxylic acids is 1. The van der Waals surface area contributed by atoms with Crippen LogP contribution in [0.5, 0.6) is 0 Å². The largest absolute Gasteiger partial charge is 0.481 e. The Bertz CT molecular complexity index is 449. The summed E-state index contributed by atoms with van der Waals surface area (Å²) in [6.07, 6.45) is 1.92. The van der Waals surface area contributed by atoms with Crippen LogP contribution in [0.4, 0.5) is 5.82 Å². The van der Waals surface area contributed by atoms with Crippen molar-refractivity contribution in [3.63, 3.8) is 0 Å². The van der Waals surface area contributed by atoms with Gasteiger partial charge in [-0.2, -0.15) is 0 Å². The first-order chi connectivity index (χ1) is 7.65. The molecule has 1 aliphatic heterocycles. The molecular formula is C10H13N3O3. The maximum Gasteiger partial charge on any atom is 0.311 e. The minimum absolute atomic E-state index is 0.210. The summed E-state index contributed by atoms with van der Waals surface area (Å²) in [7, 11) is 0. The molecule has 86 valence electrons. The van der Waals surface area contributed by atoms with E-state index in [2.05, 4.69) is 9.97 Å². The SMILES string of the molecule is O=C(O)Cc1nc(N2CCCC2)cc(=O)[nH]1. The number of aromatic nitrogens is 2. The number of carbonyl (C=O) groups is 1. The zero-order chi connectivity index (χ0) is 11.5. The predicted molar refractivity (Wildman–Crippen MR) is 57.6 cm³/mol. The van der Waals surface area contributed by atoms with Crippen LogP contribution in [-0.4, -0.2) is 34.1 Å². The van der Waals surface area contributed by atoms with Crippen LogP contribution in [0, 0.1) is 0 Å². The Labute approximate surface area is 91.9 Å². The topological polar surface area (TPSA) is 86.3 Å². The molecule has 2 rings (SSSR count). The van der Waals surface area contributed by atoms with Gasteiger partial charge in [0.25, 0.3) is 5.56 Å². The second-order valence-corrected chi connectivity index (χ2v) is 3.81. The van der Waals surface area contributed by atoms with Gasteiger partial charge in [0, 0.05) is 19.2 Å². The van der Waals surface area contributed by atoms with E-state index in [1.54, 1.807) is 0 Å². The highest BCUT2D eigenvalue weighted by molar-refractivity contribution is 5.69. The third kappa shape index (κ3) is 2.39. The van der Waals surface area contributed by atoms with Crippen molar-refractivity contribution in [3.05, 3.63) is 22.2 Å². The number of hydrogen-bond acceptors (Lipinski definition) is 4. The highest BCUT2D eigenvalue weighted by Gasteiger charge is 2.15. The molecule has 1 aromatic heterocycles. The Kier molecular flexibility index (Phi) is 2.89. The maximum atomic E-state index is 11.3. The van der Waals surface area contributed by atoms with Gasteiger partial charge in [-0.05, 0) is 12.8 Å². The summed E-state index contributed by atoms with van der Waals surface area (Å²) in [6, 6.07) is 1.41. The van der Waals surface area contributed by atoms with Crippen LogP contribution in [-0.2, 0) is 11.2 Å².